The lowest BCUT2D eigenvalue weighted by atomic mass is 9.95. The number of aromatic nitrogens is 1. The molecule has 0 radical (unpaired) electrons. The molecule has 1 atom stereocenters. The highest BCUT2D eigenvalue weighted by Gasteiger charge is 2.48. The number of nitro benzene ring substituents is 1. The smallest absolute Gasteiger partial charge is 0.301 e. The molecule has 162 valence electrons. The van der Waals surface area contributed by atoms with Gasteiger partial charge in [-0.2, -0.15) is 0 Å². The Balaban J connectivity index is 1.76. The zero-order valence-corrected chi connectivity index (χ0v) is 17.7. The van der Waals surface area contributed by atoms with Gasteiger partial charge in [-0.1, -0.05) is 65.9 Å². The van der Waals surface area contributed by atoms with Gasteiger partial charge in [0.05, 0.1) is 26.8 Å². The number of para-hydroxylation sites is 1. The maximum absolute atomic E-state index is 13.2. The zero-order valence-electron chi connectivity index (χ0n) is 16.9. The molecule has 1 amide bonds. The Kier molecular flexibility index (Phi) is 4.95. The Bertz CT molecular complexity index is 1430. The van der Waals surface area contributed by atoms with Crippen molar-refractivity contribution in [3.63, 3.8) is 0 Å². The Hall–Kier alpha value is -4.37. The van der Waals surface area contributed by atoms with Crippen LogP contribution in [-0.4, -0.2) is 26.7 Å². The van der Waals surface area contributed by atoms with E-state index < -0.39 is 22.7 Å². The molecule has 33 heavy (non-hydrogen) atoms. The summed E-state index contributed by atoms with van der Waals surface area (Å²) in [6.07, 6.45) is 0. The summed E-state index contributed by atoms with van der Waals surface area (Å²) in [5.74, 6) is -2.09. The molecule has 0 bridgehead atoms. The lowest BCUT2D eigenvalue weighted by Crippen LogP contribution is -2.29. The number of carbonyl (C=O) groups is 2. The van der Waals surface area contributed by atoms with Crippen LogP contribution in [0.4, 0.5) is 10.8 Å². The molecule has 1 aliphatic rings. The summed E-state index contributed by atoms with van der Waals surface area (Å²) in [6.45, 7) is 0. The fraction of sp³-hybridized carbons (Fsp3) is 0.0417. The highest BCUT2D eigenvalue weighted by molar-refractivity contribution is 7.22. The highest BCUT2D eigenvalue weighted by Crippen LogP contribution is 2.44. The molecule has 3 aromatic carbocycles. The Morgan fingerprint density at radius 3 is 2.45 bits per heavy atom. The maximum Gasteiger partial charge on any atom is 0.301 e. The Labute approximate surface area is 191 Å². The SMILES string of the molecule is O=C1C(=O)N(c2nc3ccccc3s2)C(c2cccc([N+](=O)[O-])c2)/C1=C(/O)c1ccccc1. The van der Waals surface area contributed by atoms with Crippen LogP contribution < -0.4 is 4.90 Å². The van der Waals surface area contributed by atoms with Crippen LogP contribution in [0.5, 0.6) is 0 Å². The Morgan fingerprint density at radius 1 is 1.00 bits per heavy atom. The van der Waals surface area contributed by atoms with Gasteiger partial charge in [0.1, 0.15) is 5.76 Å². The van der Waals surface area contributed by atoms with Gasteiger partial charge in [0.15, 0.2) is 5.13 Å². The number of thiazole rings is 1. The average molecular weight is 457 g/mol. The van der Waals surface area contributed by atoms with Crippen LogP contribution in [0.1, 0.15) is 17.2 Å². The molecule has 1 unspecified atom stereocenters. The molecule has 5 rings (SSSR count). The van der Waals surface area contributed by atoms with Gasteiger partial charge >= 0.3 is 5.91 Å². The number of nitro groups is 1. The van der Waals surface area contributed by atoms with Crippen LogP contribution in [0.25, 0.3) is 16.0 Å². The summed E-state index contributed by atoms with van der Waals surface area (Å²) in [6, 6.07) is 20.3. The van der Waals surface area contributed by atoms with Crippen molar-refractivity contribution >= 4 is 49.8 Å². The van der Waals surface area contributed by atoms with Gasteiger partial charge in [0, 0.05) is 17.7 Å². The third kappa shape index (κ3) is 3.44. The third-order valence-electron chi connectivity index (χ3n) is 5.38. The van der Waals surface area contributed by atoms with E-state index in [1.807, 2.05) is 18.2 Å². The van der Waals surface area contributed by atoms with E-state index in [0.717, 1.165) is 4.70 Å². The quantitative estimate of drug-likeness (QED) is 0.154. The number of benzene rings is 3. The van der Waals surface area contributed by atoms with Crippen LogP contribution in [0.2, 0.25) is 0 Å². The summed E-state index contributed by atoms with van der Waals surface area (Å²) < 4.78 is 0.815. The fourth-order valence-corrected chi connectivity index (χ4v) is 4.86. The standard InChI is InChI=1S/C24H15N3O5S/c28-21(14-7-2-1-3-8-14)19-20(15-9-6-10-16(13-15)27(31)32)26(23(30)22(19)29)24-25-17-11-4-5-12-18(17)33-24/h1-13,20,28H/b21-19-. The van der Waals surface area contributed by atoms with Gasteiger partial charge < -0.3 is 5.11 Å². The molecule has 1 aromatic heterocycles. The molecule has 1 fully saturated rings. The average Bonchev–Trinajstić information content (AvgIpc) is 3.38. The number of aliphatic hydroxyl groups is 1. The summed E-state index contributed by atoms with van der Waals surface area (Å²) >= 11 is 1.22. The van der Waals surface area contributed by atoms with E-state index in [2.05, 4.69) is 4.98 Å². The first-order valence-electron chi connectivity index (χ1n) is 9.92. The van der Waals surface area contributed by atoms with Crippen LogP contribution >= 0.6 is 11.3 Å². The summed E-state index contributed by atoms with van der Waals surface area (Å²) in [7, 11) is 0. The van der Waals surface area contributed by atoms with Gasteiger partial charge in [-0.15, -0.1) is 0 Å². The number of anilines is 1. The van der Waals surface area contributed by atoms with Gasteiger partial charge in [-0.25, -0.2) is 4.98 Å². The summed E-state index contributed by atoms with van der Waals surface area (Å²) in [5.41, 5.74) is 0.990. The first kappa shape index (κ1) is 20.5. The number of carbonyl (C=O) groups excluding carboxylic acids is 2. The van der Waals surface area contributed by atoms with Crippen molar-refractivity contribution < 1.29 is 19.6 Å². The maximum atomic E-state index is 13.2. The molecule has 9 heteroatoms. The molecule has 0 saturated carbocycles. The van der Waals surface area contributed by atoms with Crippen molar-refractivity contribution in [2.75, 3.05) is 4.90 Å². The third-order valence-corrected chi connectivity index (χ3v) is 6.41. The van der Waals surface area contributed by atoms with E-state index in [0.29, 0.717) is 16.6 Å². The second-order valence-electron chi connectivity index (χ2n) is 7.35. The second kappa shape index (κ2) is 7.95. The van der Waals surface area contributed by atoms with E-state index >= 15 is 0 Å². The van der Waals surface area contributed by atoms with Crippen molar-refractivity contribution in [1.82, 2.24) is 4.98 Å². The molecular formula is C24H15N3O5S. The van der Waals surface area contributed by atoms with E-state index in [9.17, 15) is 24.8 Å². The second-order valence-corrected chi connectivity index (χ2v) is 8.36. The molecule has 1 aliphatic heterocycles. The molecule has 4 aromatic rings. The monoisotopic (exact) mass is 457 g/mol. The highest BCUT2D eigenvalue weighted by atomic mass is 32.1. The minimum absolute atomic E-state index is 0.147. The van der Waals surface area contributed by atoms with Crippen LogP contribution in [-0.2, 0) is 9.59 Å². The molecular weight excluding hydrogens is 442 g/mol. The van der Waals surface area contributed by atoms with E-state index in [-0.39, 0.29) is 22.2 Å². The molecule has 1 N–H and O–H groups in total. The zero-order chi connectivity index (χ0) is 23.1. The lowest BCUT2D eigenvalue weighted by molar-refractivity contribution is -0.384. The molecule has 2 heterocycles. The van der Waals surface area contributed by atoms with E-state index in [1.54, 1.807) is 42.5 Å². The van der Waals surface area contributed by atoms with Gasteiger partial charge in [0.2, 0.25) is 0 Å². The van der Waals surface area contributed by atoms with Crippen molar-refractivity contribution in [3.8, 4) is 0 Å². The minimum atomic E-state index is -1.08. The summed E-state index contributed by atoms with van der Waals surface area (Å²) in [4.78, 5) is 42.9. The number of nitrogens with zero attached hydrogens (tertiary/aromatic N) is 3. The summed E-state index contributed by atoms with van der Waals surface area (Å²) in [5, 5.41) is 22.7. The number of hydrogen-bond acceptors (Lipinski definition) is 7. The number of hydrogen-bond donors (Lipinski definition) is 1. The Morgan fingerprint density at radius 2 is 1.73 bits per heavy atom. The molecule has 8 nitrogen and oxygen atoms in total. The molecule has 1 saturated heterocycles. The van der Waals surface area contributed by atoms with Crippen molar-refractivity contribution in [1.29, 1.82) is 0 Å². The van der Waals surface area contributed by atoms with Crippen LogP contribution in [0.3, 0.4) is 0 Å². The molecule has 0 aliphatic carbocycles. The number of amides is 1. The topological polar surface area (TPSA) is 114 Å². The number of Topliss-reactive ketones (excluding diaryl/α,β-unsaturated/α-hetero) is 1. The first-order chi connectivity index (χ1) is 16.0. The van der Waals surface area contributed by atoms with Crippen LogP contribution in [0.15, 0.2) is 84.4 Å². The first-order valence-corrected chi connectivity index (χ1v) is 10.7. The van der Waals surface area contributed by atoms with E-state index in [4.69, 9.17) is 0 Å². The number of non-ortho nitro benzene ring substituents is 1. The normalized spacial score (nSPS) is 17.6. The van der Waals surface area contributed by atoms with Gasteiger partial charge in [0.25, 0.3) is 11.5 Å². The largest absolute Gasteiger partial charge is 0.507 e. The van der Waals surface area contributed by atoms with Crippen LogP contribution in [0, 0.1) is 10.1 Å². The molecule has 0 spiro atoms. The van der Waals surface area contributed by atoms with Gasteiger partial charge in [-0.05, 0) is 17.7 Å². The number of ketones is 1. The predicted molar refractivity (Wildman–Crippen MR) is 124 cm³/mol. The fourth-order valence-electron chi connectivity index (χ4n) is 3.87. The number of aliphatic hydroxyl groups excluding tert-OH is 1. The van der Waals surface area contributed by atoms with Crippen molar-refractivity contribution in [2.45, 2.75) is 6.04 Å². The number of rotatable bonds is 4. The number of fused-ring (bicyclic) bond motifs is 1. The predicted octanol–water partition coefficient (Wildman–Crippen LogP) is 4.83. The van der Waals surface area contributed by atoms with Crippen molar-refractivity contribution in [2.24, 2.45) is 0 Å². The van der Waals surface area contributed by atoms with Crippen molar-refractivity contribution in [3.05, 3.63) is 106 Å². The van der Waals surface area contributed by atoms with E-state index in [1.165, 1.54) is 34.4 Å². The lowest BCUT2D eigenvalue weighted by Gasteiger charge is -2.22. The minimum Gasteiger partial charge on any atom is -0.507 e. The van der Waals surface area contributed by atoms with Gasteiger partial charge in [-0.3, -0.25) is 24.6 Å².